The molecule has 4 rings (SSSR count). The van der Waals surface area contributed by atoms with Gasteiger partial charge in [0.2, 0.25) is 0 Å². The lowest BCUT2D eigenvalue weighted by Crippen LogP contribution is -2.48. The lowest BCUT2D eigenvalue weighted by Gasteiger charge is -2.29. The molecular formula is C18H22N4O. The minimum atomic E-state index is -0.0536. The summed E-state index contributed by atoms with van der Waals surface area (Å²) in [5.41, 5.74) is 3.57. The number of rotatable bonds is 3. The highest BCUT2D eigenvalue weighted by molar-refractivity contribution is 5.93. The molecule has 0 saturated carbocycles. The first kappa shape index (κ1) is 14.5. The third-order valence-corrected chi connectivity index (χ3v) is 4.98. The summed E-state index contributed by atoms with van der Waals surface area (Å²) in [5, 5.41) is 13.9. The SMILES string of the molecule is Cc1ccc(-c2cc(C(=O)NC3CC4CCC(C3)N4)[nH]n2)cc1. The Kier molecular flexibility index (Phi) is 3.65. The third kappa shape index (κ3) is 3.01. The van der Waals surface area contributed by atoms with Crippen LogP contribution in [-0.2, 0) is 0 Å². The number of aromatic amines is 1. The van der Waals surface area contributed by atoms with Gasteiger partial charge in [0, 0.05) is 23.7 Å². The number of nitrogens with zero attached hydrogens (tertiary/aromatic N) is 1. The van der Waals surface area contributed by atoms with Crippen molar-refractivity contribution in [3.8, 4) is 11.3 Å². The van der Waals surface area contributed by atoms with E-state index in [1.807, 2.05) is 18.2 Å². The maximum Gasteiger partial charge on any atom is 0.269 e. The van der Waals surface area contributed by atoms with Crippen molar-refractivity contribution in [2.24, 2.45) is 0 Å². The number of nitrogens with one attached hydrogen (secondary N) is 3. The van der Waals surface area contributed by atoms with Gasteiger partial charge >= 0.3 is 0 Å². The van der Waals surface area contributed by atoms with Crippen LogP contribution in [0.5, 0.6) is 0 Å². The van der Waals surface area contributed by atoms with Crippen LogP contribution in [0.1, 0.15) is 41.7 Å². The van der Waals surface area contributed by atoms with E-state index in [2.05, 4.69) is 39.9 Å². The molecule has 5 nitrogen and oxygen atoms in total. The van der Waals surface area contributed by atoms with Crippen LogP contribution in [0.4, 0.5) is 0 Å². The molecule has 5 heteroatoms. The summed E-state index contributed by atoms with van der Waals surface area (Å²) in [6.45, 7) is 2.05. The molecule has 0 spiro atoms. The van der Waals surface area contributed by atoms with Crippen LogP contribution < -0.4 is 10.6 Å². The number of carbonyl (C=O) groups excluding carboxylic acids is 1. The zero-order valence-electron chi connectivity index (χ0n) is 13.3. The first-order chi connectivity index (χ1) is 11.2. The van der Waals surface area contributed by atoms with Crippen LogP contribution in [0, 0.1) is 6.92 Å². The lowest BCUT2D eigenvalue weighted by molar-refractivity contribution is 0.0919. The van der Waals surface area contributed by atoms with Crippen molar-refractivity contribution in [3.05, 3.63) is 41.6 Å². The van der Waals surface area contributed by atoms with Crippen LogP contribution in [0.15, 0.2) is 30.3 Å². The highest BCUT2D eigenvalue weighted by atomic mass is 16.2. The number of fused-ring (bicyclic) bond motifs is 2. The van der Waals surface area contributed by atoms with Gasteiger partial charge in [-0.05, 0) is 38.7 Å². The number of aromatic nitrogens is 2. The molecule has 2 aliphatic heterocycles. The number of amides is 1. The topological polar surface area (TPSA) is 69.8 Å². The molecule has 0 radical (unpaired) electrons. The van der Waals surface area contributed by atoms with E-state index in [4.69, 9.17) is 0 Å². The van der Waals surface area contributed by atoms with Gasteiger partial charge in [0.25, 0.3) is 5.91 Å². The number of carbonyl (C=O) groups is 1. The van der Waals surface area contributed by atoms with Crippen molar-refractivity contribution in [1.82, 2.24) is 20.8 Å². The van der Waals surface area contributed by atoms with E-state index >= 15 is 0 Å². The fraction of sp³-hybridized carbons (Fsp3) is 0.444. The predicted molar refractivity (Wildman–Crippen MR) is 89.2 cm³/mol. The van der Waals surface area contributed by atoms with Crippen LogP contribution in [-0.4, -0.2) is 34.2 Å². The third-order valence-electron chi connectivity index (χ3n) is 4.98. The largest absolute Gasteiger partial charge is 0.348 e. The van der Waals surface area contributed by atoms with Crippen LogP contribution in [0.3, 0.4) is 0 Å². The molecule has 0 aliphatic carbocycles. The van der Waals surface area contributed by atoms with E-state index in [9.17, 15) is 4.79 Å². The second-order valence-corrected chi connectivity index (χ2v) is 6.81. The molecule has 2 atom stereocenters. The number of benzene rings is 1. The summed E-state index contributed by atoms with van der Waals surface area (Å²) in [5.74, 6) is -0.0536. The van der Waals surface area contributed by atoms with E-state index in [0.29, 0.717) is 17.8 Å². The average molecular weight is 310 g/mol. The van der Waals surface area contributed by atoms with E-state index < -0.39 is 0 Å². The zero-order valence-corrected chi connectivity index (χ0v) is 13.3. The molecule has 23 heavy (non-hydrogen) atoms. The minimum absolute atomic E-state index is 0.0536. The Balaban J connectivity index is 1.44. The molecule has 1 aromatic carbocycles. The number of hydrogen-bond acceptors (Lipinski definition) is 3. The van der Waals surface area contributed by atoms with E-state index in [0.717, 1.165) is 24.1 Å². The van der Waals surface area contributed by atoms with Crippen molar-refractivity contribution in [3.63, 3.8) is 0 Å². The van der Waals surface area contributed by atoms with Gasteiger partial charge in [0.15, 0.2) is 0 Å². The molecule has 1 amide bonds. The van der Waals surface area contributed by atoms with Crippen molar-refractivity contribution in [2.75, 3.05) is 0 Å². The number of aryl methyl sites for hydroxylation is 1. The average Bonchev–Trinajstić information content (AvgIpc) is 3.15. The quantitative estimate of drug-likeness (QED) is 0.815. The van der Waals surface area contributed by atoms with Gasteiger partial charge in [0.1, 0.15) is 5.69 Å². The molecular weight excluding hydrogens is 288 g/mol. The predicted octanol–water partition coefficient (Wildman–Crippen LogP) is 2.40. The second kappa shape index (κ2) is 5.81. The standard InChI is InChI=1S/C18H22N4O/c1-11-2-4-12(5-3-11)16-10-17(22-21-16)18(23)20-15-8-13-6-7-14(9-15)19-13/h2-5,10,13-15,19H,6-9H2,1H3,(H,20,23)(H,21,22). The van der Waals surface area contributed by atoms with Crippen molar-refractivity contribution in [1.29, 1.82) is 0 Å². The Morgan fingerprint density at radius 1 is 1.17 bits per heavy atom. The summed E-state index contributed by atoms with van der Waals surface area (Å²) >= 11 is 0. The zero-order chi connectivity index (χ0) is 15.8. The Bertz CT molecular complexity index is 694. The van der Waals surface area contributed by atoms with Gasteiger partial charge in [-0.1, -0.05) is 29.8 Å². The van der Waals surface area contributed by atoms with Gasteiger partial charge in [0.05, 0.1) is 5.69 Å². The highest BCUT2D eigenvalue weighted by Crippen LogP contribution is 2.27. The normalized spacial score (nSPS) is 26.2. The van der Waals surface area contributed by atoms with Gasteiger partial charge in [-0.3, -0.25) is 9.89 Å². The van der Waals surface area contributed by atoms with Crippen LogP contribution in [0.2, 0.25) is 0 Å². The maximum absolute atomic E-state index is 12.4. The first-order valence-corrected chi connectivity index (χ1v) is 8.37. The molecule has 2 fully saturated rings. The monoisotopic (exact) mass is 310 g/mol. The van der Waals surface area contributed by atoms with Crippen molar-refractivity contribution < 1.29 is 4.79 Å². The number of piperidine rings is 1. The summed E-state index contributed by atoms with van der Waals surface area (Å²) in [7, 11) is 0. The summed E-state index contributed by atoms with van der Waals surface area (Å²) in [6.07, 6.45) is 4.53. The summed E-state index contributed by atoms with van der Waals surface area (Å²) in [6, 6.07) is 11.4. The number of H-pyrrole nitrogens is 1. The van der Waals surface area contributed by atoms with E-state index in [1.165, 1.54) is 18.4 Å². The van der Waals surface area contributed by atoms with Crippen LogP contribution in [0.25, 0.3) is 11.3 Å². The lowest BCUT2D eigenvalue weighted by atomic mass is 10.00. The Morgan fingerprint density at radius 3 is 2.57 bits per heavy atom. The molecule has 3 heterocycles. The maximum atomic E-state index is 12.4. The smallest absolute Gasteiger partial charge is 0.269 e. The second-order valence-electron chi connectivity index (χ2n) is 6.81. The fourth-order valence-electron chi connectivity index (χ4n) is 3.75. The van der Waals surface area contributed by atoms with Gasteiger partial charge in [-0.2, -0.15) is 5.10 Å². The van der Waals surface area contributed by atoms with Crippen molar-refractivity contribution in [2.45, 2.75) is 50.7 Å². The first-order valence-electron chi connectivity index (χ1n) is 8.37. The number of hydrogen-bond donors (Lipinski definition) is 3. The molecule has 2 saturated heterocycles. The Labute approximate surface area is 135 Å². The molecule has 2 aliphatic rings. The van der Waals surface area contributed by atoms with Gasteiger partial charge in [-0.25, -0.2) is 0 Å². The molecule has 1 aromatic heterocycles. The Hall–Kier alpha value is -2.14. The van der Waals surface area contributed by atoms with Gasteiger partial charge in [-0.15, -0.1) is 0 Å². The molecule has 2 bridgehead atoms. The van der Waals surface area contributed by atoms with E-state index in [1.54, 1.807) is 0 Å². The Morgan fingerprint density at radius 2 is 1.87 bits per heavy atom. The molecule has 2 aromatic rings. The summed E-state index contributed by atoms with van der Waals surface area (Å²) in [4.78, 5) is 12.4. The fourth-order valence-corrected chi connectivity index (χ4v) is 3.75. The van der Waals surface area contributed by atoms with Crippen LogP contribution >= 0.6 is 0 Å². The van der Waals surface area contributed by atoms with E-state index in [-0.39, 0.29) is 11.9 Å². The minimum Gasteiger partial charge on any atom is -0.348 e. The summed E-state index contributed by atoms with van der Waals surface area (Å²) < 4.78 is 0. The van der Waals surface area contributed by atoms with Gasteiger partial charge < -0.3 is 10.6 Å². The molecule has 3 N–H and O–H groups in total. The molecule has 2 unspecified atom stereocenters. The van der Waals surface area contributed by atoms with Crippen molar-refractivity contribution >= 4 is 5.91 Å². The molecule has 120 valence electrons. The highest BCUT2D eigenvalue weighted by Gasteiger charge is 2.34.